The highest BCUT2D eigenvalue weighted by atomic mass is 79.9. The first-order valence-electron chi connectivity index (χ1n) is 5.87. The van der Waals surface area contributed by atoms with Crippen LogP contribution in [0.4, 0.5) is 0 Å². The van der Waals surface area contributed by atoms with E-state index in [0.717, 1.165) is 3.79 Å². The quantitative estimate of drug-likeness (QED) is 0.723. The molecule has 0 spiro atoms. The predicted molar refractivity (Wildman–Crippen MR) is 76.8 cm³/mol. The summed E-state index contributed by atoms with van der Waals surface area (Å²) in [6.45, 7) is 1.91. The summed E-state index contributed by atoms with van der Waals surface area (Å²) in [6, 6.07) is 0.482. The second-order valence-electron chi connectivity index (χ2n) is 3.85. The number of carbonyl (C=O) groups excluding carboxylic acids is 2. The van der Waals surface area contributed by atoms with Crippen LogP contribution in [0.2, 0.25) is 0 Å². The van der Waals surface area contributed by atoms with Crippen LogP contribution in [0.25, 0.3) is 0 Å². The Bertz CT molecular complexity index is 502. The highest BCUT2D eigenvalue weighted by molar-refractivity contribution is 9.11. The summed E-state index contributed by atoms with van der Waals surface area (Å²) in [4.78, 5) is 34.1. The van der Waals surface area contributed by atoms with Crippen molar-refractivity contribution in [1.82, 2.24) is 5.32 Å². The van der Waals surface area contributed by atoms with E-state index in [0.29, 0.717) is 5.56 Å². The predicted octanol–water partition coefficient (Wildman–Crippen LogP) is 2.04. The molecule has 0 fully saturated rings. The van der Waals surface area contributed by atoms with Crippen LogP contribution in [-0.4, -0.2) is 35.6 Å². The molecular weight excluding hydrogens is 350 g/mol. The number of nitrogens with one attached hydrogen (secondary N) is 1. The molecule has 0 saturated heterocycles. The molecule has 1 aromatic rings. The SMILES string of the molecule is CCOC(=O)CC[C@H](NC(=O)c1csc(Br)c1)C(=O)O. The van der Waals surface area contributed by atoms with Crippen LogP contribution in [0.5, 0.6) is 0 Å². The normalized spacial score (nSPS) is 11.7. The van der Waals surface area contributed by atoms with Gasteiger partial charge >= 0.3 is 11.9 Å². The average Bonchev–Trinajstić information content (AvgIpc) is 2.81. The lowest BCUT2D eigenvalue weighted by Crippen LogP contribution is -2.41. The van der Waals surface area contributed by atoms with E-state index in [1.165, 1.54) is 11.3 Å². The number of carboxylic acids is 1. The fraction of sp³-hybridized carbons (Fsp3) is 0.417. The lowest BCUT2D eigenvalue weighted by molar-refractivity contribution is -0.144. The number of halogens is 1. The van der Waals surface area contributed by atoms with E-state index >= 15 is 0 Å². The van der Waals surface area contributed by atoms with E-state index in [9.17, 15) is 14.4 Å². The summed E-state index contributed by atoms with van der Waals surface area (Å²) < 4.78 is 5.49. The Morgan fingerprint density at radius 2 is 2.20 bits per heavy atom. The highest BCUT2D eigenvalue weighted by Gasteiger charge is 2.22. The van der Waals surface area contributed by atoms with Crippen LogP contribution in [0.15, 0.2) is 15.2 Å². The smallest absolute Gasteiger partial charge is 0.326 e. The molecule has 110 valence electrons. The summed E-state index contributed by atoms with van der Waals surface area (Å²) in [5.41, 5.74) is 0.379. The lowest BCUT2D eigenvalue weighted by atomic mass is 10.1. The van der Waals surface area contributed by atoms with Crippen molar-refractivity contribution in [3.8, 4) is 0 Å². The molecule has 2 N–H and O–H groups in total. The number of carbonyl (C=O) groups is 3. The molecule has 0 unspecified atom stereocenters. The molecular formula is C12H14BrNO5S. The van der Waals surface area contributed by atoms with E-state index in [4.69, 9.17) is 9.84 Å². The first-order valence-corrected chi connectivity index (χ1v) is 7.54. The fourth-order valence-electron chi connectivity index (χ4n) is 1.42. The van der Waals surface area contributed by atoms with Crippen LogP contribution in [-0.2, 0) is 14.3 Å². The number of hydrogen-bond acceptors (Lipinski definition) is 5. The van der Waals surface area contributed by atoms with Gasteiger partial charge < -0.3 is 15.2 Å². The highest BCUT2D eigenvalue weighted by Crippen LogP contribution is 2.20. The third-order valence-electron chi connectivity index (χ3n) is 2.38. The van der Waals surface area contributed by atoms with E-state index in [-0.39, 0.29) is 19.4 Å². The third-order valence-corrected chi connectivity index (χ3v) is 3.88. The van der Waals surface area contributed by atoms with Crippen molar-refractivity contribution < 1.29 is 24.2 Å². The molecule has 0 aliphatic heterocycles. The molecule has 20 heavy (non-hydrogen) atoms. The van der Waals surface area contributed by atoms with Gasteiger partial charge in [0.25, 0.3) is 5.91 Å². The zero-order valence-corrected chi connectivity index (χ0v) is 13.1. The molecule has 1 atom stereocenters. The minimum Gasteiger partial charge on any atom is -0.480 e. The minimum atomic E-state index is -1.18. The summed E-state index contributed by atoms with van der Waals surface area (Å²) in [6.07, 6.45) is -0.0658. The zero-order chi connectivity index (χ0) is 15.1. The van der Waals surface area contributed by atoms with E-state index in [2.05, 4.69) is 21.2 Å². The van der Waals surface area contributed by atoms with Crippen LogP contribution in [0, 0.1) is 0 Å². The van der Waals surface area contributed by atoms with Crippen LogP contribution < -0.4 is 5.32 Å². The zero-order valence-electron chi connectivity index (χ0n) is 10.7. The number of carboxylic acid groups (broad SMARTS) is 1. The van der Waals surface area contributed by atoms with Gasteiger partial charge in [-0.1, -0.05) is 0 Å². The van der Waals surface area contributed by atoms with Gasteiger partial charge in [-0.15, -0.1) is 11.3 Å². The largest absolute Gasteiger partial charge is 0.480 e. The van der Waals surface area contributed by atoms with E-state index < -0.39 is 23.9 Å². The fourth-order valence-corrected chi connectivity index (χ4v) is 2.56. The van der Waals surface area contributed by atoms with Gasteiger partial charge in [0.2, 0.25) is 0 Å². The molecule has 8 heteroatoms. The second kappa shape index (κ2) is 8.01. The van der Waals surface area contributed by atoms with Crippen molar-refractivity contribution in [3.63, 3.8) is 0 Å². The van der Waals surface area contributed by atoms with Crippen LogP contribution in [0.3, 0.4) is 0 Å². The van der Waals surface area contributed by atoms with Crippen LogP contribution >= 0.6 is 27.3 Å². The molecule has 1 aromatic heterocycles. The maximum atomic E-state index is 11.8. The molecule has 1 heterocycles. The number of rotatable bonds is 7. The van der Waals surface area contributed by atoms with Gasteiger partial charge in [-0.05, 0) is 35.3 Å². The Hall–Kier alpha value is -1.41. The monoisotopic (exact) mass is 363 g/mol. The van der Waals surface area contributed by atoms with Crippen molar-refractivity contribution in [3.05, 3.63) is 20.8 Å². The topological polar surface area (TPSA) is 92.7 Å². The van der Waals surface area contributed by atoms with Crippen molar-refractivity contribution in [1.29, 1.82) is 0 Å². The minimum absolute atomic E-state index is 0.00872. The summed E-state index contributed by atoms with van der Waals surface area (Å²) in [5, 5.41) is 13.0. The molecule has 1 amide bonds. The molecule has 0 bridgehead atoms. The van der Waals surface area contributed by atoms with Gasteiger partial charge in [-0.25, -0.2) is 4.79 Å². The number of hydrogen-bond donors (Lipinski definition) is 2. The van der Waals surface area contributed by atoms with E-state index in [1.54, 1.807) is 18.4 Å². The standard InChI is InChI=1S/C12H14BrNO5S/c1-2-19-10(15)4-3-8(12(17)18)14-11(16)7-5-9(13)20-6-7/h5-6,8H,2-4H2,1H3,(H,14,16)(H,17,18)/t8-/m0/s1. The molecule has 6 nitrogen and oxygen atoms in total. The van der Waals surface area contributed by atoms with Gasteiger partial charge in [0.05, 0.1) is 16.0 Å². The summed E-state index contributed by atoms with van der Waals surface area (Å²) >= 11 is 4.55. The number of esters is 1. The van der Waals surface area contributed by atoms with Gasteiger partial charge in [0, 0.05) is 11.8 Å². The maximum Gasteiger partial charge on any atom is 0.326 e. The van der Waals surface area contributed by atoms with Crippen LogP contribution in [0.1, 0.15) is 30.1 Å². The molecule has 1 rings (SSSR count). The Morgan fingerprint density at radius 1 is 1.50 bits per heavy atom. The molecule has 0 radical (unpaired) electrons. The molecule has 0 aliphatic carbocycles. The van der Waals surface area contributed by atoms with Gasteiger partial charge in [-0.3, -0.25) is 9.59 Å². The number of aliphatic carboxylic acids is 1. The van der Waals surface area contributed by atoms with Crippen molar-refractivity contribution in [2.75, 3.05) is 6.61 Å². The van der Waals surface area contributed by atoms with E-state index in [1.807, 2.05) is 0 Å². The first kappa shape index (κ1) is 16.6. The number of amides is 1. The summed E-state index contributed by atoms with van der Waals surface area (Å²) in [5.74, 6) is -2.15. The van der Waals surface area contributed by atoms with Crippen molar-refractivity contribution in [2.24, 2.45) is 0 Å². The molecule has 0 aliphatic rings. The Morgan fingerprint density at radius 3 is 2.70 bits per heavy atom. The first-order chi connectivity index (χ1) is 9.43. The van der Waals surface area contributed by atoms with Gasteiger partial charge in [0.1, 0.15) is 6.04 Å². The Kier molecular flexibility index (Phi) is 6.66. The summed E-state index contributed by atoms with van der Waals surface area (Å²) in [7, 11) is 0. The van der Waals surface area contributed by atoms with Crippen molar-refractivity contribution >= 4 is 45.1 Å². The second-order valence-corrected chi connectivity index (χ2v) is 6.14. The Balaban J connectivity index is 2.57. The third kappa shape index (κ3) is 5.30. The van der Waals surface area contributed by atoms with Gasteiger partial charge in [0.15, 0.2) is 0 Å². The number of ether oxygens (including phenoxy) is 1. The average molecular weight is 364 g/mol. The van der Waals surface area contributed by atoms with Crippen molar-refractivity contribution in [2.45, 2.75) is 25.8 Å². The lowest BCUT2D eigenvalue weighted by Gasteiger charge is -2.13. The molecule has 0 saturated carbocycles. The number of thiophene rings is 1. The molecule has 0 aromatic carbocycles. The van der Waals surface area contributed by atoms with Gasteiger partial charge in [-0.2, -0.15) is 0 Å². The Labute approximate surface area is 128 Å². The maximum absolute atomic E-state index is 11.8.